The van der Waals surface area contributed by atoms with Gasteiger partial charge in [0, 0.05) is 37.8 Å². The van der Waals surface area contributed by atoms with Crippen molar-refractivity contribution in [1.82, 2.24) is 30.0 Å². The van der Waals surface area contributed by atoms with E-state index in [1.54, 1.807) is 24.1 Å². The lowest BCUT2D eigenvalue weighted by Gasteiger charge is -2.30. The zero-order valence-corrected chi connectivity index (χ0v) is 14.3. The van der Waals surface area contributed by atoms with Crippen molar-refractivity contribution in [2.24, 2.45) is 18.9 Å². The molecule has 130 valence electrons. The minimum absolute atomic E-state index is 0.0245. The minimum Gasteiger partial charge on any atom is -0.345 e. The maximum Gasteiger partial charge on any atom is 0.253 e. The fraction of sp³-hybridized carbons (Fsp3) is 0.471. The Kier molecular flexibility index (Phi) is 3.74. The first-order valence-corrected chi connectivity index (χ1v) is 8.41. The van der Waals surface area contributed by atoms with Gasteiger partial charge >= 0.3 is 0 Å². The van der Waals surface area contributed by atoms with Crippen molar-refractivity contribution in [2.75, 3.05) is 26.7 Å². The molecule has 8 nitrogen and oxygen atoms in total. The van der Waals surface area contributed by atoms with Gasteiger partial charge in [-0.3, -0.25) is 9.59 Å². The van der Waals surface area contributed by atoms with E-state index >= 15 is 0 Å². The second-order valence-electron chi connectivity index (χ2n) is 6.81. The number of fused-ring (bicyclic) bond motifs is 1. The van der Waals surface area contributed by atoms with E-state index in [4.69, 9.17) is 0 Å². The Labute approximate surface area is 145 Å². The van der Waals surface area contributed by atoms with E-state index < -0.39 is 0 Å². The predicted molar refractivity (Wildman–Crippen MR) is 89.4 cm³/mol. The summed E-state index contributed by atoms with van der Waals surface area (Å²) in [5.41, 5.74) is 1.43. The number of benzene rings is 1. The number of hydrogen-bond donors (Lipinski definition) is 0. The average molecular weight is 340 g/mol. The van der Waals surface area contributed by atoms with Crippen molar-refractivity contribution < 1.29 is 9.59 Å². The third kappa shape index (κ3) is 2.77. The Hall–Kier alpha value is -2.77. The molecule has 0 N–H and O–H groups in total. The van der Waals surface area contributed by atoms with Crippen molar-refractivity contribution in [3.63, 3.8) is 0 Å². The third-order valence-electron chi connectivity index (χ3n) is 5.16. The summed E-state index contributed by atoms with van der Waals surface area (Å²) in [6, 6.07) is 7.21. The Morgan fingerprint density at radius 1 is 1.16 bits per heavy atom. The molecule has 2 aromatic rings. The summed E-state index contributed by atoms with van der Waals surface area (Å²) < 4.78 is 0. The number of tetrazole rings is 1. The first-order chi connectivity index (χ1) is 12.0. The fourth-order valence-electron chi connectivity index (χ4n) is 3.71. The number of amides is 2. The normalized spacial score (nSPS) is 23.0. The van der Waals surface area contributed by atoms with E-state index in [0.717, 1.165) is 18.5 Å². The molecule has 2 saturated heterocycles. The lowest BCUT2D eigenvalue weighted by Crippen LogP contribution is -2.42. The molecule has 2 aliphatic heterocycles. The molecule has 1 aromatic heterocycles. The van der Waals surface area contributed by atoms with Gasteiger partial charge in [0.15, 0.2) is 0 Å². The van der Waals surface area contributed by atoms with Crippen LogP contribution >= 0.6 is 0 Å². The monoisotopic (exact) mass is 340 g/mol. The maximum atomic E-state index is 12.8. The summed E-state index contributed by atoms with van der Waals surface area (Å²) in [6.45, 7) is 1.96. The molecule has 1 aromatic carbocycles. The summed E-state index contributed by atoms with van der Waals surface area (Å²) in [5, 5.41) is 11.9. The zero-order valence-electron chi connectivity index (χ0n) is 14.3. The van der Waals surface area contributed by atoms with Gasteiger partial charge in [0.1, 0.15) is 0 Å². The van der Waals surface area contributed by atoms with Crippen LogP contribution in [0, 0.1) is 11.8 Å². The van der Waals surface area contributed by atoms with Crippen molar-refractivity contribution in [2.45, 2.75) is 6.42 Å². The fourth-order valence-corrected chi connectivity index (χ4v) is 3.71. The zero-order chi connectivity index (χ0) is 17.6. The minimum atomic E-state index is -0.0502. The molecule has 2 atom stereocenters. The van der Waals surface area contributed by atoms with Crippen LogP contribution in [0.2, 0.25) is 0 Å². The van der Waals surface area contributed by atoms with Crippen LogP contribution in [0.15, 0.2) is 24.3 Å². The van der Waals surface area contributed by atoms with E-state index in [1.165, 1.54) is 4.80 Å². The standard InChI is InChI=1S/C17H20N6O2/c1-21-8-7-13-9-23(10-14(13)17(21)25)16(24)12-5-3-11(4-6-12)15-18-20-22(2)19-15/h3-6,13-14H,7-10H2,1-2H3/t13-,14+/m1/s1. The molecule has 25 heavy (non-hydrogen) atoms. The number of rotatable bonds is 2. The van der Waals surface area contributed by atoms with Gasteiger partial charge in [-0.25, -0.2) is 0 Å². The molecule has 0 aliphatic carbocycles. The molecule has 0 unspecified atom stereocenters. The molecular formula is C17H20N6O2. The van der Waals surface area contributed by atoms with Gasteiger partial charge < -0.3 is 9.80 Å². The smallest absolute Gasteiger partial charge is 0.253 e. The van der Waals surface area contributed by atoms with Gasteiger partial charge in [-0.2, -0.15) is 4.80 Å². The summed E-state index contributed by atoms with van der Waals surface area (Å²) in [7, 11) is 3.54. The number of carbonyl (C=O) groups is 2. The molecule has 8 heteroatoms. The van der Waals surface area contributed by atoms with Gasteiger partial charge in [0.2, 0.25) is 11.7 Å². The lowest BCUT2D eigenvalue weighted by atomic mass is 9.88. The average Bonchev–Trinajstić information content (AvgIpc) is 3.24. The Bertz CT molecular complexity index is 815. The predicted octanol–water partition coefficient (Wildman–Crippen LogP) is 0.427. The summed E-state index contributed by atoms with van der Waals surface area (Å²) in [5.74, 6) is 0.906. The quantitative estimate of drug-likeness (QED) is 0.791. The first-order valence-electron chi connectivity index (χ1n) is 8.41. The Morgan fingerprint density at radius 3 is 2.60 bits per heavy atom. The second kappa shape index (κ2) is 5.94. The molecule has 0 bridgehead atoms. The van der Waals surface area contributed by atoms with E-state index in [-0.39, 0.29) is 23.7 Å². The number of nitrogens with zero attached hydrogens (tertiary/aromatic N) is 6. The summed E-state index contributed by atoms with van der Waals surface area (Å²) in [4.78, 5) is 30.0. The molecule has 0 spiro atoms. The van der Waals surface area contributed by atoms with E-state index in [0.29, 0.717) is 24.5 Å². The van der Waals surface area contributed by atoms with Gasteiger partial charge in [0.25, 0.3) is 5.91 Å². The molecule has 0 saturated carbocycles. The number of aryl methyl sites for hydroxylation is 1. The topological polar surface area (TPSA) is 84.2 Å². The highest BCUT2D eigenvalue weighted by Crippen LogP contribution is 2.32. The van der Waals surface area contributed by atoms with E-state index in [9.17, 15) is 9.59 Å². The lowest BCUT2D eigenvalue weighted by molar-refractivity contribution is -0.137. The van der Waals surface area contributed by atoms with Crippen LogP contribution in [0.4, 0.5) is 0 Å². The van der Waals surface area contributed by atoms with Gasteiger partial charge in [-0.05, 0) is 29.7 Å². The van der Waals surface area contributed by atoms with Crippen molar-refractivity contribution >= 4 is 11.8 Å². The molecule has 2 aliphatic rings. The molecule has 2 fully saturated rings. The molecular weight excluding hydrogens is 320 g/mol. The van der Waals surface area contributed by atoms with Gasteiger partial charge in [0.05, 0.1) is 13.0 Å². The van der Waals surface area contributed by atoms with Crippen LogP contribution < -0.4 is 0 Å². The Morgan fingerprint density at radius 2 is 1.92 bits per heavy atom. The van der Waals surface area contributed by atoms with Crippen LogP contribution in [0.5, 0.6) is 0 Å². The second-order valence-corrected chi connectivity index (χ2v) is 6.81. The van der Waals surface area contributed by atoms with E-state index in [2.05, 4.69) is 15.4 Å². The molecule has 3 heterocycles. The van der Waals surface area contributed by atoms with Crippen LogP contribution in [-0.2, 0) is 11.8 Å². The number of carbonyl (C=O) groups excluding carboxylic acids is 2. The largest absolute Gasteiger partial charge is 0.345 e. The number of likely N-dealkylation sites (tertiary alicyclic amines) is 2. The SMILES string of the molecule is CN1CC[C@@H]2CN(C(=O)c3ccc(-c4nnn(C)n4)cc3)C[C@@H]2C1=O. The maximum absolute atomic E-state index is 12.8. The van der Waals surface area contributed by atoms with Crippen LogP contribution in [-0.4, -0.2) is 68.5 Å². The molecule has 2 amide bonds. The molecule has 0 radical (unpaired) electrons. The summed E-state index contributed by atoms with van der Waals surface area (Å²) >= 11 is 0. The van der Waals surface area contributed by atoms with Crippen LogP contribution in [0.3, 0.4) is 0 Å². The van der Waals surface area contributed by atoms with Crippen molar-refractivity contribution in [1.29, 1.82) is 0 Å². The van der Waals surface area contributed by atoms with Crippen LogP contribution in [0.25, 0.3) is 11.4 Å². The van der Waals surface area contributed by atoms with Gasteiger partial charge in [-0.1, -0.05) is 12.1 Å². The van der Waals surface area contributed by atoms with E-state index in [1.807, 2.05) is 24.1 Å². The van der Waals surface area contributed by atoms with Crippen molar-refractivity contribution in [3.05, 3.63) is 29.8 Å². The first kappa shape index (κ1) is 15.7. The molecule has 4 rings (SSSR count). The Balaban J connectivity index is 1.49. The van der Waals surface area contributed by atoms with Crippen molar-refractivity contribution in [3.8, 4) is 11.4 Å². The summed E-state index contributed by atoms with van der Waals surface area (Å²) in [6.07, 6.45) is 0.966. The highest BCUT2D eigenvalue weighted by Gasteiger charge is 2.43. The van der Waals surface area contributed by atoms with Gasteiger partial charge in [-0.15, -0.1) is 10.2 Å². The highest BCUT2D eigenvalue weighted by atomic mass is 16.2. The van der Waals surface area contributed by atoms with Crippen LogP contribution in [0.1, 0.15) is 16.8 Å². The number of piperidine rings is 1. The third-order valence-corrected chi connectivity index (χ3v) is 5.16. The number of aromatic nitrogens is 4. The highest BCUT2D eigenvalue weighted by molar-refractivity contribution is 5.95. The number of hydrogen-bond acceptors (Lipinski definition) is 5.